The number of carbonyl (C=O) groups excluding carboxylic acids is 1. The SMILES string of the molecule is CN(C)c1ccc(C(F)(F)F)cc1NC(=O)CCC1CCCC1. The van der Waals surface area contributed by atoms with Gasteiger partial charge in [0.25, 0.3) is 0 Å². The molecule has 0 aliphatic heterocycles. The Morgan fingerprint density at radius 2 is 1.91 bits per heavy atom. The largest absolute Gasteiger partial charge is 0.416 e. The quantitative estimate of drug-likeness (QED) is 0.851. The van der Waals surface area contributed by atoms with Crippen molar-refractivity contribution >= 4 is 17.3 Å². The van der Waals surface area contributed by atoms with Gasteiger partial charge >= 0.3 is 6.18 Å². The Labute approximate surface area is 134 Å². The molecule has 2 rings (SSSR count). The second kappa shape index (κ2) is 7.23. The van der Waals surface area contributed by atoms with Gasteiger partial charge in [-0.15, -0.1) is 0 Å². The van der Waals surface area contributed by atoms with E-state index in [4.69, 9.17) is 0 Å². The van der Waals surface area contributed by atoms with Gasteiger partial charge in [0.2, 0.25) is 5.91 Å². The van der Waals surface area contributed by atoms with Crippen LogP contribution < -0.4 is 10.2 Å². The Hall–Kier alpha value is -1.72. The van der Waals surface area contributed by atoms with Gasteiger partial charge in [-0.25, -0.2) is 0 Å². The second-order valence-electron chi connectivity index (χ2n) is 6.36. The topological polar surface area (TPSA) is 32.3 Å². The average molecular weight is 328 g/mol. The fourth-order valence-corrected chi connectivity index (χ4v) is 3.05. The van der Waals surface area contributed by atoms with Crippen molar-refractivity contribution < 1.29 is 18.0 Å². The number of anilines is 2. The summed E-state index contributed by atoms with van der Waals surface area (Å²) >= 11 is 0. The molecule has 0 atom stereocenters. The molecule has 0 spiro atoms. The van der Waals surface area contributed by atoms with E-state index in [1.807, 2.05) is 0 Å². The lowest BCUT2D eigenvalue weighted by Gasteiger charge is -2.20. The smallest absolute Gasteiger partial charge is 0.376 e. The Bertz CT molecular complexity index is 549. The molecule has 0 unspecified atom stereocenters. The fourth-order valence-electron chi connectivity index (χ4n) is 3.05. The van der Waals surface area contributed by atoms with Crippen LogP contribution in [0.5, 0.6) is 0 Å². The first-order valence-electron chi connectivity index (χ1n) is 7.96. The van der Waals surface area contributed by atoms with Gasteiger partial charge in [0.15, 0.2) is 0 Å². The van der Waals surface area contributed by atoms with E-state index in [2.05, 4.69) is 5.32 Å². The first kappa shape index (κ1) is 17.6. The minimum Gasteiger partial charge on any atom is -0.376 e. The third-order valence-corrected chi connectivity index (χ3v) is 4.33. The summed E-state index contributed by atoms with van der Waals surface area (Å²) in [6.07, 6.45) is 1.47. The van der Waals surface area contributed by atoms with Crippen LogP contribution in [0.3, 0.4) is 0 Å². The van der Waals surface area contributed by atoms with Crippen LogP contribution in [0.15, 0.2) is 18.2 Å². The van der Waals surface area contributed by atoms with Crippen molar-refractivity contribution in [1.82, 2.24) is 0 Å². The Balaban J connectivity index is 2.07. The number of rotatable bonds is 5. The van der Waals surface area contributed by atoms with Gasteiger partial charge in [-0.05, 0) is 30.5 Å². The molecule has 1 aliphatic rings. The van der Waals surface area contributed by atoms with Gasteiger partial charge in [0, 0.05) is 20.5 Å². The van der Waals surface area contributed by atoms with Crippen LogP contribution in [0, 0.1) is 5.92 Å². The van der Waals surface area contributed by atoms with E-state index in [-0.39, 0.29) is 11.6 Å². The number of alkyl halides is 3. The van der Waals surface area contributed by atoms with Crippen molar-refractivity contribution in [3.05, 3.63) is 23.8 Å². The predicted molar refractivity (Wildman–Crippen MR) is 85.6 cm³/mol. The first-order valence-corrected chi connectivity index (χ1v) is 7.96. The molecule has 0 aromatic heterocycles. The molecule has 128 valence electrons. The Morgan fingerprint density at radius 1 is 1.26 bits per heavy atom. The molecule has 1 saturated carbocycles. The molecule has 6 heteroatoms. The van der Waals surface area contributed by atoms with E-state index in [1.54, 1.807) is 19.0 Å². The van der Waals surface area contributed by atoms with Gasteiger partial charge < -0.3 is 10.2 Å². The molecule has 0 heterocycles. The Kier molecular flexibility index (Phi) is 5.55. The van der Waals surface area contributed by atoms with Crippen LogP contribution >= 0.6 is 0 Å². The maximum absolute atomic E-state index is 12.9. The van der Waals surface area contributed by atoms with Crippen molar-refractivity contribution in [3.8, 4) is 0 Å². The molecule has 1 aromatic rings. The number of carbonyl (C=O) groups is 1. The molecule has 0 bridgehead atoms. The summed E-state index contributed by atoms with van der Waals surface area (Å²) in [4.78, 5) is 13.8. The van der Waals surface area contributed by atoms with Crippen molar-refractivity contribution in [3.63, 3.8) is 0 Å². The van der Waals surface area contributed by atoms with Gasteiger partial charge in [0.1, 0.15) is 0 Å². The van der Waals surface area contributed by atoms with E-state index >= 15 is 0 Å². The lowest BCUT2D eigenvalue weighted by atomic mass is 10.0. The summed E-state index contributed by atoms with van der Waals surface area (Å²) in [5.74, 6) is 0.356. The first-order chi connectivity index (χ1) is 10.8. The highest BCUT2D eigenvalue weighted by molar-refractivity contribution is 5.94. The van der Waals surface area contributed by atoms with Gasteiger partial charge in [-0.3, -0.25) is 4.79 Å². The summed E-state index contributed by atoms with van der Waals surface area (Å²) < 4.78 is 38.6. The van der Waals surface area contributed by atoms with Crippen LogP contribution in [-0.2, 0) is 11.0 Å². The van der Waals surface area contributed by atoms with Crippen LogP contribution in [0.1, 0.15) is 44.1 Å². The standard InChI is InChI=1S/C17H23F3N2O/c1-22(2)15-9-8-13(17(18,19)20)11-14(15)21-16(23)10-7-12-5-3-4-6-12/h8-9,11-12H,3-7,10H2,1-2H3,(H,21,23). The molecule has 1 aliphatic carbocycles. The minimum absolute atomic E-state index is 0.209. The lowest BCUT2D eigenvalue weighted by molar-refractivity contribution is -0.137. The normalized spacial score (nSPS) is 15.7. The van der Waals surface area contributed by atoms with Crippen LogP contribution in [-0.4, -0.2) is 20.0 Å². The molecule has 1 aromatic carbocycles. The number of hydrogen-bond acceptors (Lipinski definition) is 2. The molecular weight excluding hydrogens is 305 g/mol. The van der Waals surface area contributed by atoms with Crippen LogP contribution in [0.4, 0.5) is 24.5 Å². The molecule has 3 nitrogen and oxygen atoms in total. The predicted octanol–water partition coefficient (Wildman–Crippen LogP) is 4.68. The zero-order chi connectivity index (χ0) is 17.0. The van der Waals surface area contributed by atoms with Crippen molar-refractivity contribution in [1.29, 1.82) is 0 Å². The second-order valence-corrected chi connectivity index (χ2v) is 6.36. The summed E-state index contributed by atoms with van der Waals surface area (Å²) in [5.41, 5.74) is 0.0163. The summed E-state index contributed by atoms with van der Waals surface area (Å²) in [7, 11) is 3.47. The maximum Gasteiger partial charge on any atom is 0.416 e. The van der Waals surface area contributed by atoms with Crippen molar-refractivity contribution in [2.45, 2.75) is 44.7 Å². The Morgan fingerprint density at radius 3 is 2.48 bits per heavy atom. The average Bonchev–Trinajstić information content (AvgIpc) is 2.97. The maximum atomic E-state index is 12.9. The van der Waals surface area contributed by atoms with E-state index in [0.29, 0.717) is 18.0 Å². The highest BCUT2D eigenvalue weighted by atomic mass is 19.4. The number of hydrogen-bond donors (Lipinski definition) is 1. The zero-order valence-electron chi connectivity index (χ0n) is 13.5. The summed E-state index contributed by atoms with van der Waals surface area (Å²) in [5, 5.41) is 2.65. The van der Waals surface area contributed by atoms with Crippen molar-refractivity contribution in [2.24, 2.45) is 5.92 Å². The number of nitrogens with one attached hydrogen (secondary N) is 1. The van der Waals surface area contributed by atoms with Gasteiger partial charge in [0.05, 0.1) is 16.9 Å². The molecule has 23 heavy (non-hydrogen) atoms. The molecule has 1 fully saturated rings. The van der Waals surface area contributed by atoms with Crippen LogP contribution in [0.25, 0.3) is 0 Å². The molecule has 0 saturated heterocycles. The van der Waals surface area contributed by atoms with E-state index < -0.39 is 11.7 Å². The number of nitrogens with zero attached hydrogens (tertiary/aromatic N) is 1. The summed E-state index contributed by atoms with van der Waals surface area (Å²) in [6.45, 7) is 0. The lowest BCUT2D eigenvalue weighted by Crippen LogP contribution is -2.18. The number of halogens is 3. The highest BCUT2D eigenvalue weighted by Crippen LogP contribution is 2.35. The van der Waals surface area contributed by atoms with Crippen molar-refractivity contribution in [2.75, 3.05) is 24.3 Å². The molecule has 1 amide bonds. The third kappa shape index (κ3) is 4.88. The van der Waals surface area contributed by atoms with E-state index in [0.717, 1.165) is 31.4 Å². The monoisotopic (exact) mass is 328 g/mol. The van der Waals surface area contributed by atoms with Gasteiger partial charge in [-0.1, -0.05) is 25.7 Å². The highest BCUT2D eigenvalue weighted by Gasteiger charge is 2.31. The van der Waals surface area contributed by atoms with Crippen LogP contribution in [0.2, 0.25) is 0 Å². The minimum atomic E-state index is -4.42. The van der Waals surface area contributed by atoms with Gasteiger partial charge in [-0.2, -0.15) is 13.2 Å². The number of amides is 1. The summed E-state index contributed by atoms with van der Waals surface area (Å²) in [6, 6.07) is 3.42. The molecule has 1 N–H and O–H groups in total. The third-order valence-electron chi connectivity index (χ3n) is 4.33. The molecule has 0 radical (unpaired) electrons. The van der Waals surface area contributed by atoms with E-state index in [1.165, 1.54) is 18.9 Å². The zero-order valence-corrected chi connectivity index (χ0v) is 13.5. The molecular formula is C17H23F3N2O. The van der Waals surface area contributed by atoms with E-state index in [9.17, 15) is 18.0 Å². The fraction of sp³-hybridized carbons (Fsp3) is 0.588. The number of benzene rings is 1.